The third kappa shape index (κ3) is 3.90. The molecule has 0 radical (unpaired) electrons. The van der Waals surface area contributed by atoms with Crippen LogP contribution in [0.2, 0.25) is 5.02 Å². The summed E-state index contributed by atoms with van der Waals surface area (Å²) in [4.78, 5) is 0. The lowest BCUT2D eigenvalue weighted by atomic mass is 10.2. The van der Waals surface area contributed by atoms with Gasteiger partial charge in [0.25, 0.3) is 0 Å². The van der Waals surface area contributed by atoms with Gasteiger partial charge >= 0.3 is 0 Å². The van der Waals surface area contributed by atoms with Crippen LogP contribution >= 0.6 is 11.6 Å². The Kier molecular flexibility index (Phi) is 4.85. The Morgan fingerprint density at radius 3 is 2.90 bits per heavy atom. The number of nitrogens with one attached hydrogen (secondary N) is 1. The van der Waals surface area contributed by atoms with Gasteiger partial charge in [0.1, 0.15) is 0 Å². The van der Waals surface area contributed by atoms with Crippen molar-refractivity contribution in [2.45, 2.75) is 6.92 Å². The largest absolute Gasteiger partial charge is 0.504 e. The maximum atomic E-state index is 9.60. The Morgan fingerprint density at radius 1 is 1.30 bits per heavy atom. The van der Waals surface area contributed by atoms with Gasteiger partial charge in [-0.25, -0.2) is 0 Å². The summed E-state index contributed by atoms with van der Waals surface area (Å²) in [6.45, 7) is 2.36. The van der Waals surface area contributed by atoms with E-state index in [0.717, 1.165) is 11.3 Å². The van der Waals surface area contributed by atoms with Crippen molar-refractivity contribution in [1.29, 1.82) is 0 Å². The molecule has 0 saturated heterocycles. The Balaban J connectivity index is 2.06. The number of rotatable bonds is 5. The van der Waals surface area contributed by atoms with Crippen LogP contribution in [0.1, 0.15) is 12.5 Å². The number of ether oxygens (including phenoxy) is 1. The first kappa shape index (κ1) is 14.2. The van der Waals surface area contributed by atoms with E-state index in [-0.39, 0.29) is 5.75 Å². The Morgan fingerprint density at radius 2 is 2.15 bits per heavy atom. The Labute approximate surface area is 122 Å². The molecule has 0 fully saturated rings. The van der Waals surface area contributed by atoms with Crippen LogP contribution in [0.4, 0.5) is 5.69 Å². The number of hydrazone groups is 1. The molecule has 0 aliphatic heterocycles. The first-order chi connectivity index (χ1) is 9.69. The highest BCUT2D eigenvalue weighted by molar-refractivity contribution is 6.30. The zero-order valence-electron chi connectivity index (χ0n) is 11.0. The van der Waals surface area contributed by atoms with E-state index in [2.05, 4.69) is 10.5 Å². The molecule has 2 N–H and O–H groups in total. The van der Waals surface area contributed by atoms with E-state index in [1.807, 2.05) is 19.1 Å². The van der Waals surface area contributed by atoms with Gasteiger partial charge in [-0.2, -0.15) is 5.10 Å². The maximum absolute atomic E-state index is 9.60. The molecule has 0 saturated carbocycles. The molecule has 0 atom stereocenters. The highest BCUT2D eigenvalue weighted by Gasteiger charge is 2.01. The molecule has 0 spiro atoms. The molecule has 0 heterocycles. The molecule has 2 rings (SSSR count). The fourth-order valence-corrected chi connectivity index (χ4v) is 1.81. The van der Waals surface area contributed by atoms with Crippen molar-refractivity contribution in [1.82, 2.24) is 0 Å². The minimum absolute atomic E-state index is 0.117. The number of nitrogens with zero attached hydrogens (tertiary/aromatic N) is 1. The van der Waals surface area contributed by atoms with E-state index in [4.69, 9.17) is 16.3 Å². The van der Waals surface area contributed by atoms with Gasteiger partial charge in [0, 0.05) is 5.02 Å². The predicted octanol–water partition coefficient (Wildman–Crippen LogP) is 3.89. The van der Waals surface area contributed by atoms with Gasteiger partial charge in [-0.15, -0.1) is 0 Å². The van der Waals surface area contributed by atoms with E-state index >= 15 is 0 Å². The molecule has 0 bridgehead atoms. The number of halogens is 1. The molecule has 0 aliphatic rings. The number of hydrogen-bond donors (Lipinski definition) is 2. The van der Waals surface area contributed by atoms with Gasteiger partial charge in [-0.1, -0.05) is 17.7 Å². The number of aromatic hydroxyl groups is 1. The lowest BCUT2D eigenvalue weighted by Gasteiger charge is -2.06. The summed E-state index contributed by atoms with van der Waals surface area (Å²) in [7, 11) is 0. The van der Waals surface area contributed by atoms with E-state index in [9.17, 15) is 5.11 Å². The molecular weight excluding hydrogens is 276 g/mol. The van der Waals surface area contributed by atoms with Gasteiger partial charge in [0.2, 0.25) is 0 Å². The SMILES string of the molecule is CCOc1cc(/C=N/Nc2cccc(Cl)c2)ccc1O. The molecule has 4 nitrogen and oxygen atoms in total. The van der Waals surface area contributed by atoms with Gasteiger partial charge in [-0.05, 0) is 48.9 Å². The molecular formula is C15H15ClN2O2. The third-order valence-electron chi connectivity index (χ3n) is 2.52. The molecule has 5 heteroatoms. The van der Waals surface area contributed by atoms with E-state index in [1.54, 1.807) is 36.5 Å². The normalized spacial score (nSPS) is 10.7. The minimum Gasteiger partial charge on any atom is -0.504 e. The van der Waals surface area contributed by atoms with Crippen molar-refractivity contribution in [3.63, 3.8) is 0 Å². The number of phenols is 1. The molecule has 20 heavy (non-hydrogen) atoms. The van der Waals surface area contributed by atoms with Crippen LogP contribution in [0.25, 0.3) is 0 Å². The summed E-state index contributed by atoms with van der Waals surface area (Å²) < 4.78 is 5.31. The second-order valence-electron chi connectivity index (χ2n) is 4.04. The summed E-state index contributed by atoms with van der Waals surface area (Å²) in [6, 6.07) is 12.3. The van der Waals surface area contributed by atoms with Gasteiger partial charge in [-0.3, -0.25) is 5.43 Å². The van der Waals surface area contributed by atoms with E-state index < -0.39 is 0 Å². The average Bonchev–Trinajstić information content (AvgIpc) is 2.43. The first-order valence-electron chi connectivity index (χ1n) is 6.19. The van der Waals surface area contributed by atoms with Crippen molar-refractivity contribution < 1.29 is 9.84 Å². The predicted molar refractivity (Wildman–Crippen MR) is 81.9 cm³/mol. The Bertz CT molecular complexity index is 615. The second-order valence-corrected chi connectivity index (χ2v) is 4.48. The van der Waals surface area contributed by atoms with Crippen LogP contribution in [-0.4, -0.2) is 17.9 Å². The fraction of sp³-hybridized carbons (Fsp3) is 0.133. The van der Waals surface area contributed by atoms with Crippen LogP contribution in [0, 0.1) is 0 Å². The highest BCUT2D eigenvalue weighted by atomic mass is 35.5. The zero-order chi connectivity index (χ0) is 14.4. The summed E-state index contributed by atoms with van der Waals surface area (Å²) in [6.07, 6.45) is 1.64. The summed E-state index contributed by atoms with van der Waals surface area (Å²) in [5, 5.41) is 14.4. The summed E-state index contributed by atoms with van der Waals surface area (Å²) in [5.74, 6) is 0.561. The Hall–Kier alpha value is -2.20. The van der Waals surface area contributed by atoms with Crippen molar-refractivity contribution >= 4 is 23.5 Å². The summed E-state index contributed by atoms with van der Waals surface area (Å²) in [5.41, 5.74) is 4.51. The van der Waals surface area contributed by atoms with Gasteiger partial charge in [0.15, 0.2) is 11.5 Å². The number of benzene rings is 2. The lowest BCUT2D eigenvalue weighted by molar-refractivity contribution is 0.318. The molecule has 0 amide bonds. The lowest BCUT2D eigenvalue weighted by Crippen LogP contribution is -1.94. The van der Waals surface area contributed by atoms with Crippen LogP contribution < -0.4 is 10.2 Å². The van der Waals surface area contributed by atoms with Gasteiger partial charge in [0.05, 0.1) is 18.5 Å². The topological polar surface area (TPSA) is 53.8 Å². The molecule has 2 aromatic rings. The molecule has 2 aromatic carbocycles. The maximum Gasteiger partial charge on any atom is 0.161 e. The third-order valence-corrected chi connectivity index (χ3v) is 2.75. The first-order valence-corrected chi connectivity index (χ1v) is 6.57. The quantitative estimate of drug-likeness (QED) is 0.649. The van der Waals surface area contributed by atoms with Crippen molar-refractivity contribution in [3.05, 3.63) is 53.1 Å². The van der Waals surface area contributed by atoms with Crippen molar-refractivity contribution in [3.8, 4) is 11.5 Å². The number of phenolic OH excluding ortho intramolecular Hbond substituents is 1. The van der Waals surface area contributed by atoms with Gasteiger partial charge < -0.3 is 9.84 Å². The van der Waals surface area contributed by atoms with Crippen molar-refractivity contribution in [2.24, 2.45) is 5.10 Å². The van der Waals surface area contributed by atoms with Crippen molar-refractivity contribution in [2.75, 3.05) is 12.0 Å². The van der Waals surface area contributed by atoms with Crippen LogP contribution in [0.3, 0.4) is 0 Å². The van der Waals surface area contributed by atoms with Crippen LogP contribution in [0.15, 0.2) is 47.6 Å². The standard InChI is InChI=1S/C15H15ClN2O2/c1-2-20-15-8-11(6-7-14(15)19)10-17-18-13-5-3-4-12(16)9-13/h3-10,18-19H,2H2,1H3/b17-10+. The number of hydrogen-bond acceptors (Lipinski definition) is 4. The van der Waals surface area contributed by atoms with Crippen LogP contribution in [-0.2, 0) is 0 Å². The second kappa shape index (κ2) is 6.82. The minimum atomic E-state index is 0.117. The molecule has 104 valence electrons. The number of anilines is 1. The smallest absolute Gasteiger partial charge is 0.161 e. The van der Waals surface area contributed by atoms with E-state index in [1.165, 1.54) is 0 Å². The average molecular weight is 291 g/mol. The monoisotopic (exact) mass is 290 g/mol. The molecule has 0 unspecified atom stereocenters. The van der Waals surface area contributed by atoms with E-state index in [0.29, 0.717) is 17.4 Å². The fourth-order valence-electron chi connectivity index (χ4n) is 1.62. The molecule has 0 aromatic heterocycles. The summed E-state index contributed by atoms with van der Waals surface area (Å²) >= 11 is 5.88. The highest BCUT2D eigenvalue weighted by Crippen LogP contribution is 2.26. The molecule has 0 aliphatic carbocycles. The zero-order valence-corrected chi connectivity index (χ0v) is 11.8. The van der Waals surface area contributed by atoms with Crippen LogP contribution in [0.5, 0.6) is 11.5 Å².